The van der Waals surface area contributed by atoms with Gasteiger partial charge in [-0.15, -0.1) is 0 Å². The first-order valence-electron chi connectivity index (χ1n) is 5.65. The molecular weight excluding hydrogens is 309 g/mol. The number of carboxylic acid groups (broad SMARTS) is 1. The lowest BCUT2D eigenvalue weighted by molar-refractivity contribution is -0.137. The summed E-state index contributed by atoms with van der Waals surface area (Å²) in [5.41, 5.74) is -0.762. The van der Waals surface area contributed by atoms with E-state index < -0.39 is 22.7 Å². The number of rotatable bonds is 3. The van der Waals surface area contributed by atoms with Gasteiger partial charge in [-0.1, -0.05) is 11.6 Å². The number of hydrogen-bond donors (Lipinski definition) is 1. The third-order valence-electron chi connectivity index (χ3n) is 2.57. The fourth-order valence-electron chi connectivity index (χ4n) is 1.65. The summed E-state index contributed by atoms with van der Waals surface area (Å²) < 4.78 is 43.6. The summed E-state index contributed by atoms with van der Waals surface area (Å²) in [5.74, 6) is -0.753. The summed E-state index contributed by atoms with van der Waals surface area (Å²) in [6.07, 6.45) is -2.50. The van der Waals surface area contributed by atoms with Crippen LogP contribution in [0.5, 0.6) is 0 Å². The highest BCUT2D eigenvalue weighted by molar-refractivity contribution is 6.31. The van der Waals surface area contributed by atoms with E-state index in [4.69, 9.17) is 21.1 Å². The lowest BCUT2D eigenvalue weighted by atomic mass is 10.1. The summed E-state index contributed by atoms with van der Waals surface area (Å²) in [7, 11) is 0. The molecule has 7 heteroatoms. The van der Waals surface area contributed by atoms with Crippen LogP contribution in [-0.2, 0) is 11.0 Å². The first-order chi connectivity index (χ1) is 9.77. The molecule has 0 spiro atoms. The van der Waals surface area contributed by atoms with Crippen LogP contribution in [0.25, 0.3) is 17.4 Å². The van der Waals surface area contributed by atoms with E-state index in [1.54, 1.807) is 0 Å². The number of carboxylic acids is 1. The molecule has 0 unspecified atom stereocenters. The van der Waals surface area contributed by atoms with Crippen LogP contribution in [0.1, 0.15) is 11.3 Å². The molecule has 0 atom stereocenters. The highest BCUT2D eigenvalue weighted by Crippen LogP contribution is 2.37. The van der Waals surface area contributed by atoms with Crippen molar-refractivity contribution in [3.8, 4) is 11.3 Å². The van der Waals surface area contributed by atoms with Gasteiger partial charge in [0.05, 0.1) is 10.6 Å². The molecule has 1 aromatic heterocycles. The van der Waals surface area contributed by atoms with Crippen LogP contribution < -0.4 is 0 Å². The Morgan fingerprint density at radius 3 is 2.57 bits per heavy atom. The first kappa shape index (κ1) is 15.2. The molecule has 2 aromatic rings. The minimum atomic E-state index is -4.56. The van der Waals surface area contributed by atoms with Crippen LogP contribution in [0.15, 0.2) is 40.8 Å². The molecule has 0 amide bonds. The van der Waals surface area contributed by atoms with Crippen molar-refractivity contribution >= 4 is 23.6 Å². The van der Waals surface area contributed by atoms with Crippen LogP contribution in [0.3, 0.4) is 0 Å². The zero-order valence-corrected chi connectivity index (χ0v) is 11.1. The van der Waals surface area contributed by atoms with Crippen LogP contribution in [0, 0.1) is 0 Å². The van der Waals surface area contributed by atoms with Gasteiger partial charge in [-0.3, -0.25) is 0 Å². The van der Waals surface area contributed by atoms with E-state index in [1.807, 2.05) is 0 Å². The predicted octanol–water partition coefficient (Wildman–Crippen LogP) is 4.72. The average Bonchev–Trinajstić information content (AvgIpc) is 2.84. The minimum absolute atomic E-state index is 0.183. The highest BCUT2D eigenvalue weighted by Gasteiger charge is 2.33. The first-order valence-corrected chi connectivity index (χ1v) is 6.03. The molecule has 0 radical (unpaired) electrons. The molecule has 1 heterocycles. The zero-order valence-electron chi connectivity index (χ0n) is 10.3. The van der Waals surface area contributed by atoms with Gasteiger partial charge >= 0.3 is 12.1 Å². The summed E-state index contributed by atoms with van der Waals surface area (Å²) >= 11 is 5.53. The van der Waals surface area contributed by atoms with Crippen LogP contribution in [0.2, 0.25) is 5.02 Å². The maximum absolute atomic E-state index is 12.8. The SMILES string of the molecule is O=C(O)C=Cc1ccc(-c2ccc(Cl)c(C(F)(F)F)c2)o1. The summed E-state index contributed by atoms with van der Waals surface area (Å²) in [4.78, 5) is 10.4. The van der Waals surface area contributed by atoms with Crippen LogP contribution in [-0.4, -0.2) is 11.1 Å². The Morgan fingerprint density at radius 2 is 1.95 bits per heavy atom. The van der Waals surface area contributed by atoms with Gasteiger partial charge in [-0.05, 0) is 36.4 Å². The number of benzene rings is 1. The number of aliphatic carboxylic acids is 1. The summed E-state index contributed by atoms with van der Waals surface area (Å²) in [6, 6.07) is 6.31. The number of furan rings is 1. The Bertz CT molecular complexity index is 702. The van der Waals surface area contributed by atoms with E-state index in [0.717, 1.165) is 18.2 Å². The highest BCUT2D eigenvalue weighted by atomic mass is 35.5. The van der Waals surface area contributed by atoms with Gasteiger partial charge in [0.25, 0.3) is 0 Å². The van der Waals surface area contributed by atoms with Crippen molar-refractivity contribution in [3.63, 3.8) is 0 Å². The molecule has 1 aromatic carbocycles. The van der Waals surface area contributed by atoms with Crippen LogP contribution in [0.4, 0.5) is 13.2 Å². The molecule has 0 bridgehead atoms. The van der Waals surface area contributed by atoms with E-state index in [-0.39, 0.29) is 17.1 Å². The maximum Gasteiger partial charge on any atom is 0.417 e. The quantitative estimate of drug-likeness (QED) is 0.834. The molecule has 0 saturated heterocycles. The number of alkyl halides is 3. The van der Waals surface area contributed by atoms with E-state index in [1.165, 1.54) is 24.3 Å². The topological polar surface area (TPSA) is 50.4 Å². The second kappa shape index (κ2) is 5.65. The molecule has 21 heavy (non-hydrogen) atoms. The van der Waals surface area contributed by atoms with Gasteiger partial charge in [0.2, 0.25) is 0 Å². The average molecular weight is 317 g/mol. The van der Waals surface area contributed by atoms with E-state index in [9.17, 15) is 18.0 Å². The van der Waals surface area contributed by atoms with Gasteiger partial charge < -0.3 is 9.52 Å². The lowest BCUT2D eigenvalue weighted by Gasteiger charge is -2.09. The standard InChI is InChI=1S/C14H8ClF3O3/c15-11-4-1-8(7-10(11)14(16,17)18)12-5-2-9(21-12)3-6-13(19)20/h1-7H,(H,19,20). The van der Waals surface area contributed by atoms with Gasteiger partial charge in [0.1, 0.15) is 11.5 Å². The fraction of sp³-hybridized carbons (Fsp3) is 0.0714. The smallest absolute Gasteiger partial charge is 0.417 e. The normalized spacial score (nSPS) is 12.0. The Balaban J connectivity index is 2.37. The number of hydrogen-bond acceptors (Lipinski definition) is 2. The molecule has 0 aliphatic carbocycles. The number of carbonyl (C=O) groups is 1. The summed E-state index contributed by atoms with van der Waals surface area (Å²) in [5, 5.41) is 8.09. The minimum Gasteiger partial charge on any atom is -0.478 e. The van der Waals surface area contributed by atoms with E-state index in [2.05, 4.69) is 0 Å². The fourth-order valence-corrected chi connectivity index (χ4v) is 1.87. The van der Waals surface area contributed by atoms with E-state index >= 15 is 0 Å². The Labute approximate surface area is 122 Å². The molecule has 0 aliphatic rings. The molecule has 2 rings (SSSR count). The summed E-state index contributed by atoms with van der Waals surface area (Å²) in [6.45, 7) is 0. The number of halogens is 4. The predicted molar refractivity (Wildman–Crippen MR) is 70.8 cm³/mol. The molecule has 3 nitrogen and oxygen atoms in total. The van der Waals surface area contributed by atoms with Crippen molar-refractivity contribution in [2.24, 2.45) is 0 Å². The second-order valence-corrected chi connectivity index (χ2v) is 4.47. The van der Waals surface area contributed by atoms with Gasteiger partial charge in [-0.2, -0.15) is 13.2 Å². The van der Waals surface area contributed by atoms with Crippen molar-refractivity contribution in [2.75, 3.05) is 0 Å². The molecular formula is C14H8ClF3O3. The van der Waals surface area contributed by atoms with Gasteiger partial charge in [0, 0.05) is 11.6 Å². The second-order valence-electron chi connectivity index (χ2n) is 4.07. The van der Waals surface area contributed by atoms with Crippen molar-refractivity contribution in [1.29, 1.82) is 0 Å². The molecule has 0 saturated carbocycles. The molecule has 110 valence electrons. The van der Waals surface area contributed by atoms with Crippen LogP contribution >= 0.6 is 11.6 Å². The van der Waals surface area contributed by atoms with Crippen molar-refractivity contribution in [1.82, 2.24) is 0 Å². The van der Waals surface area contributed by atoms with E-state index in [0.29, 0.717) is 0 Å². The molecule has 0 fully saturated rings. The Morgan fingerprint density at radius 1 is 1.24 bits per heavy atom. The third kappa shape index (κ3) is 3.66. The van der Waals surface area contributed by atoms with Gasteiger partial charge in [-0.25, -0.2) is 4.79 Å². The largest absolute Gasteiger partial charge is 0.478 e. The van der Waals surface area contributed by atoms with Crippen molar-refractivity contribution in [3.05, 3.63) is 52.8 Å². The molecule has 0 aliphatic heterocycles. The Hall–Kier alpha value is -2.21. The molecule has 1 N–H and O–H groups in total. The zero-order chi connectivity index (χ0) is 15.6. The van der Waals surface area contributed by atoms with Crippen molar-refractivity contribution < 1.29 is 27.5 Å². The third-order valence-corrected chi connectivity index (χ3v) is 2.90. The van der Waals surface area contributed by atoms with Gasteiger partial charge in [0.15, 0.2) is 0 Å². The Kier molecular flexibility index (Phi) is 4.09. The lowest BCUT2D eigenvalue weighted by Crippen LogP contribution is -2.05. The monoisotopic (exact) mass is 316 g/mol. The van der Waals surface area contributed by atoms with Crippen molar-refractivity contribution in [2.45, 2.75) is 6.18 Å². The maximum atomic E-state index is 12.8.